The molecule has 4 rings (SSSR count). The van der Waals surface area contributed by atoms with Crippen LogP contribution in [0.2, 0.25) is 0 Å². The first-order valence-electron chi connectivity index (χ1n) is 9.79. The number of hydrogen-bond acceptors (Lipinski definition) is 4. The minimum Gasteiger partial charge on any atom is -0.492 e. The zero-order valence-electron chi connectivity index (χ0n) is 16.2. The number of carbonyl (C=O) groups is 3. The molecule has 1 aliphatic heterocycles. The number of imide groups is 1. The minimum atomic E-state index is -1.07. The highest BCUT2D eigenvalue weighted by Crippen LogP contribution is 2.39. The lowest BCUT2D eigenvalue weighted by Crippen LogP contribution is -2.47. The van der Waals surface area contributed by atoms with Gasteiger partial charge in [0.2, 0.25) is 5.91 Å². The minimum absolute atomic E-state index is 0.352. The van der Waals surface area contributed by atoms with Gasteiger partial charge in [-0.2, -0.15) is 0 Å². The summed E-state index contributed by atoms with van der Waals surface area (Å²) in [4.78, 5) is 39.5. The molecule has 0 aromatic heterocycles. The number of anilines is 1. The van der Waals surface area contributed by atoms with Gasteiger partial charge >= 0.3 is 6.03 Å². The van der Waals surface area contributed by atoms with E-state index in [2.05, 4.69) is 10.6 Å². The van der Waals surface area contributed by atoms with Gasteiger partial charge in [0.05, 0.1) is 12.3 Å². The largest absolute Gasteiger partial charge is 0.492 e. The Labute approximate surface area is 169 Å². The molecule has 7 heteroatoms. The van der Waals surface area contributed by atoms with E-state index >= 15 is 0 Å². The van der Waals surface area contributed by atoms with Crippen molar-refractivity contribution in [1.29, 1.82) is 0 Å². The number of fused-ring (bicyclic) bond motifs is 2. The molecule has 2 N–H and O–H groups in total. The van der Waals surface area contributed by atoms with E-state index in [1.165, 1.54) is 0 Å². The predicted octanol–water partition coefficient (Wildman–Crippen LogP) is 2.81. The topological polar surface area (TPSA) is 87.7 Å². The molecular formula is C22H23N3O4. The van der Waals surface area contributed by atoms with Crippen LogP contribution in [0.15, 0.2) is 48.5 Å². The normalized spacial score (nSPS) is 20.4. The Balaban J connectivity index is 1.53. The standard InChI is InChI=1S/C22H23N3O4/c1-2-29-18-12-6-5-11-17(18)23-19(26)14-25-20(27)22(24-21(25)28)13-7-9-15-8-3-4-10-16(15)22/h3-6,8,10-12H,2,7,9,13-14H2,1H3,(H,23,26)(H,24,28). The molecule has 7 nitrogen and oxygen atoms in total. The van der Waals surface area contributed by atoms with Crippen LogP contribution in [0.3, 0.4) is 0 Å². The Bertz CT molecular complexity index is 974. The number of ether oxygens (including phenoxy) is 1. The molecule has 1 fully saturated rings. The summed E-state index contributed by atoms with van der Waals surface area (Å²) in [6.07, 6.45) is 2.19. The third kappa shape index (κ3) is 3.33. The van der Waals surface area contributed by atoms with E-state index in [1.54, 1.807) is 18.2 Å². The molecule has 2 aliphatic rings. The van der Waals surface area contributed by atoms with Crippen molar-refractivity contribution in [3.63, 3.8) is 0 Å². The Morgan fingerprint density at radius 1 is 1.17 bits per heavy atom. The van der Waals surface area contributed by atoms with E-state index in [1.807, 2.05) is 37.3 Å². The van der Waals surface area contributed by atoms with Gasteiger partial charge in [-0.3, -0.25) is 14.5 Å². The third-order valence-electron chi connectivity index (χ3n) is 5.41. The smallest absolute Gasteiger partial charge is 0.325 e. The predicted molar refractivity (Wildman–Crippen MR) is 108 cm³/mol. The fraction of sp³-hybridized carbons (Fsp3) is 0.318. The van der Waals surface area contributed by atoms with Crippen molar-refractivity contribution in [1.82, 2.24) is 10.2 Å². The first-order valence-corrected chi connectivity index (χ1v) is 9.79. The number of urea groups is 1. The highest BCUT2D eigenvalue weighted by atomic mass is 16.5. The number of carbonyl (C=O) groups excluding carboxylic acids is 3. The summed E-state index contributed by atoms with van der Waals surface area (Å²) in [5.74, 6) is -0.289. The second-order valence-corrected chi connectivity index (χ2v) is 7.21. The SMILES string of the molecule is CCOc1ccccc1NC(=O)CN1C(=O)NC2(CCCc3ccccc32)C1=O. The molecule has 1 saturated heterocycles. The number of nitrogens with one attached hydrogen (secondary N) is 2. The number of nitrogens with zero attached hydrogens (tertiary/aromatic N) is 1. The molecule has 1 atom stereocenters. The lowest BCUT2D eigenvalue weighted by atomic mass is 9.76. The molecule has 1 aliphatic carbocycles. The van der Waals surface area contributed by atoms with Gasteiger partial charge in [0, 0.05) is 0 Å². The van der Waals surface area contributed by atoms with E-state index < -0.39 is 17.5 Å². The van der Waals surface area contributed by atoms with Crippen LogP contribution < -0.4 is 15.4 Å². The molecule has 0 radical (unpaired) electrons. The van der Waals surface area contributed by atoms with Gasteiger partial charge in [-0.1, -0.05) is 36.4 Å². The summed E-state index contributed by atoms with van der Waals surface area (Å²) in [6.45, 7) is 1.96. The Morgan fingerprint density at radius 2 is 1.93 bits per heavy atom. The lowest BCUT2D eigenvalue weighted by molar-refractivity contribution is -0.134. The molecule has 2 aromatic rings. The molecular weight excluding hydrogens is 370 g/mol. The van der Waals surface area contributed by atoms with Crippen molar-refractivity contribution in [2.75, 3.05) is 18.5 Å². The molecule has 4 amide bonds. The van der Waals surface area contributed by atoms with Gasteiger partial charge in [0.15, 0.2) is 0 Å². The Kier molecular flexibility index (Phi) is 4.96. The van der Waals surface area contributed by atoms with Crippen molar-refractivity contribution in [3.05, 3.63) is 59.7 Å². The summed E-state index contributed by atoms with van der Waals surface area (Å²) in [5, 5.41) is 5.59. The van der Waals surface area contributed by atoms with E-state index in [9.17, 15) is 14.4 Å². The Hall–Kier alpha value is -3.35. The van der Waals surface area contributed by atoms with Crippen molar-refractivity contribution < 1.29 is 19.1 Å². The monoisotopic (exact) mass is 393 g/mol. The van der Waals surface area contributed by atoms with E-state index in [0.717, 1.165) is 28.9 Å². The number of rotatable bonds is 5. The molecule has 0 bridgehead atoms. The third-order valence-corrected chi connectivity index (χ3v) is 5.41. The van der Waals surface area contributed by atoms with Crippen LogP contribution in [0.4, 0.5) is 10.5 Å². The second kappa shape index (κ2) is 7.58. The zero-order valence-corrected chi connectivity index (χ0v) is 16.2. The summed E-state index contributed by atoms with van der Waals surface area (Å²) >= 11 is 0. The van der Waals surface area contributed by atoms with Crippen molar-refractivity contribution in [3.8, 4) is 5.75 Å². The molecule has 2 aromatic carbocycles. The number of amides is 4. The quantitative estimate of drug-likeness (QED) is 0.765. The second-order valence-electron chi connectivity index (χ2n) is 7.21. The maximum atomic E-state index is 13.3. The lowest BCUT2D eigenvalue weighted by Gasteiger charge is -2.33. The summed E-state index contributed by atoms with van der Waals surface area (Å²) in [7, 11) is 0. The maximum Gasteiger partial charge on any atom is 0.325 e. The highest BCUT2D eigenvalue weighted by Gasteiger charge is 2.54. The van der Waals surface area contributed by atoms with Crippen LogP contribution in [0.5, 0.6) is 5.75 Å². The Morgan fingerprint density at radius 3 is 2.76 bits per heavy atom. The molecule has 1 heterocycles. The first kappa shape index (κ1) is 19.0. The van der Waals surface area contributed by atoms with E-state index in [4.69, 9.17) is 4.74 Å². The number of benzene rings is 2. The summed E-state index contributed by atoms with van der Waals surface area (Å²) in [6, 6.07) is 14.2. The number of para-hydroxylation sites is 2. The van der Waals surface area contributed by atoms with Crippen LogP contribution >= 0.6 is 0 Å². The van der Waals surface area contributed by atoms with Gasteiger partial charge < -0.3 is 15.4 Å². The fourth-order valence-electron chi connectivity index (χ4n) is 4.14. The molecule has 0 saturated carbocycles. The average Bonchev–Trinajstić information content (AvgIpc) is 2.95. The van der Waals surface area contributed by atoms with Gasteiger partial charge in [-0.25, -0.2) is 4.79 Å². The number of aryl methyl sites for hydroxylation is 1. The summed E-state index contributed by atoms with van der Waals surface area (Å²) in [5.41, 5.74) is 1.32. The van der Waals surface area contributed by atoms with Gasteiger partial charge in [0.1, 0.15) is 17.8 Å². The van der Waals surface area contributed by atoms with Gasteiger partial charge in [0.25, 0.3) is 5.91 Å². The highest BCUT2D eigenvalue weighted by molar-refractivity contribution is 6.10. The molecule has 29 heavy (non-hydrogen) atoms. The molecule has 1 unspecified atom stereocenters. The van der Waals surface area contributed by atoms with Crippen LogP contribution in [-0.2, 0) is 21.5 Å². The molecule has 1 spiro atoms. The zero-order chi connectivity index (χ0) is 20.4. The van der Waals surface area contributed by atoms with E-state index in [0.29, 0.717) is 24.5 Å². The van der Waals surface area contributed by atoms with Crippen LogP contribution in [0, 0.1) is 0 Å². The van der Waals surface area contributed by atoms with Crippen molar-refractivity contribution >= 4 is 23.5 Å². The molecule has 150 valence electrons. The van der Waals surface area contributed by atoms with Crippen molar-refractivity contribution in [2.24, 2.45) is 0 Å². The van der Waals surface area contributed by atoms with E-state index in [-0.39, 0.29) is 12.5 Å². The summed E-state index contributed by atoms with van der Waals surface area (Å²) < 4.78 is 5.50. The first-order chi connectivity index (χ1) is 14.0. The fourth-order valence-corrected chi connectivity index (χ4v) is 4.14. The van der Waals surface area contributed by atoms with Gasteiger partial charge in [-0.05, 0) is 49.4 Å². The van der Waals surface area contributed by atoms with Crippen LogP contribution in [0.1, 0.15) is 30.9 Å². The van der Waals surface area contributed by atoms with Crippen LogP contribution in [-0.4, -0.2) is 35.9 Å². The van der Waals surface area contributed by atoms with Crippen molar-refractivity contribution in [2.45, 2.75) is 31.7 Å². The average molecular weight is 393 g/mol. The van der Waals surface area contributed by atoms with Gasteiger partial charge in [-0.15, -0.1) is 0 Å². The number of hydrogen-bond donors (Lipinski definition) is 2. The van der Waals surface area contributed by atoms with Crippen LogP contribution in [0.25, 0.3) is 0 Å². The maximum absolute atomic E-state index is 13.3.